The highest BCUT2D eigenvalue weighted by Gasteiger charge is 2.23. The maximum Gasteiger partial charge on any atom is 0.223 e. The molecule has 2 aliphatic rings. The monoisotopic (exact) mass is 364 g/mol. The molecule has 0 atom stereocenters. The minimum atomic E-state index is 0.149. The van der Waals surface area contributed by atoms with Crippen LogP contribution in [0.15, 0.2) is 16.8 Å². The summed E-state index contributed by atoms with van der Waals surface area (Å²) in [6.07, 6.45) is 0.588. The first-order chi connectivity index (χ1) is 12.1. The van der Waals surface area contributed by atoms with Gasteiger partial charge >= 0.3 is 0 Å². The Labute approximate surface area is 154 Å². The van der Waals surface area contributed by atoms with E-state index < -0.39 is 0 Å². The van der Waals surface area contributed by atoms with Gasteiger partial charge in [0, 0.05) is 78.8 Å². The van der Waals surface area contributed by atoms with Crippen molar-refractivity contribution in [3.63, 3.8) is 0 Å². The second-order valence-corrected chi connectivity index (χ2v) is 7.67. The molecule has 0 radical (unpaired) electrons. The van der Waals surface area contributed by atoms with Gasteiger partial charge in [0.15, 0.2) is 0 Å². The van der Waals surface area contributed by atoms with Crippen LogP contribution >= 0.6 is 11.3 Å². The highest BCUT2D eigenvalue weighted by Crippen LogP contribution is 2.12. The van der Waals surface area contributed by atoms with Gasteiger partial charge in [-0.1, -0.05) is 0 Å². The van der Waals surface area contributed by atoms with Crippen molar-refractivity contribution in [3.8, 4) is 0 Å². The minimum Gasteiger partial charge on any atom is -0.340 e. The van der Waals surface area contributed by atoms with Crippen LogP contribution in [0.1, 0.15) is 18.9 Å². The van der Waals surface area contributed by atoms with Gasteiger partial charge in [-0.05, 0) is 22.4 Å². The number of carbonyl (C=O) groups is 2. The molecule has 0 unspecified atom stereocenters. The van der Waals surface area contributed by atoms with E-state index >= 15 is 0 Å². The molecule has 7 heteroatoms. The van der Waals surface area contributed by atoms with Crippen molar-refractivity contribution in [3.05, 3.63) is 22.4 Å². The summed E-state index contributed by atoms with van der Waals surface area (Å²) in [5, 5.41) is 4.31. The maximum absolute atomic E-state index is 12.5. The summed E-state index contributed by atoms with van der Waals surface area (Å²) in [5.41, 5.74) is 1.37. The predicted molar refractivity (Wildman–Crippen MR) is 99.5 cm³/mol. The van der Waals surface area contributed by atoms with Crippen LogP contribution < -0.4 is 0 Å². The Hall–Kier alpha value is -1.44. The van der Waals surface area contributed by atoms with Gasteiger partial charge in [0.1, 0.15) is 0 Å². The highest BCUT2D eigenvalue weighted by atomic mass is 32.1. The molecule has 0 saturated carbocycles. The molecule has 6 nitrogen and oxygen atoms in total. The molecule has 3 heterocycles. The van der Waals surface area contributed by atoms with Crippen LogP contribution in [-0.4, -0.2) is 90.3 Å². The molecule has 1 aromatic rings. The van der Waals surface area contributed by atoms with E-state index in [1.807, 2.05) is 9.80 Å². The first kappa shape index (κ1) is 18.4. The molecule has 2 amide bonds. The molecule has 2 saturated heterocycles. The van der Waals surface area contributed by atoms with Crippen molar-refractivity contribution in [2.24, 2.45) is 0 Å². The predicted octanol–water partition coefficient (Wildman–Crippen LogP) is 0.947. The smallest absolute Gasteiger partial charge is 0.223 e. The lowest BCUT2D eigenvalue weighted by Gasteiger charge is -2.36. The first-order valence-corrected chi connectivity index (χ1v) is 10.0. The highest BCUT2D eigenvalue weighted by molar-refractivity contribution is 7.07. The Balaban J connectivity index is 1.33. The van der Waals surface area contributed by atoms with Crippen LogP contribution in [0.25, 0.3) is 0 Å². The van der Waals surface area contributed by atoms with Crippen molar-refractivity contribution in [1.82, 2.24) is 19.6 Å². The summed E-state index contributed by atoms with van der Waals surface area (Å²) in [6, 6.07) is 2.17. The molecule has 0 aromatic carbocycles. The lowest BCUT2D eigenvalue weighted by molar-refractivity contribution is -0.134. The number of rotatable bonds is 5. The van der Waals surface area contributed by atoms with Gasteiger partial charge in [-0.15, -0.1) is 0 Å². The fourth-order valence-electron chi connectivity index (χ4n) is 3.49. The summed E-state index contributed by atoms with van der Waals surface area (Å²) in [7, 11) is 0. The zero-order valence-electron chi connectivity index (χ0n) is 15.0. The number of amides is 2. The van der Waals surface area contributed by atoms with Gasteiger partial charge in [-0.25, -0.2) is 0 Å². The lowest BCUT2D eigenvalue weighted by Crippen LogP contribution is -2.50. The van der Waals surface area contributed by atoms with E-state index in [4.69, 9.17) is 0 Å². The molecule has 0 aliphatic carbocycles. The fourth-order valence-corrected chi connectivity index (χ4v) is 4.15. The van der Waals surface area contributed by atoms with Crippen molar-refractivity contribution in [2.75, 3.05) is 58.9 Å². The molecule has 25 heavy (non-hydrogen) atoms. The fraction of sp³-hybridized carbons (Fsp3) is 0.667. The zero-order chi connectivity index (χ0) is 17.6. The molecular weight excluding hydrogens is 336 g/mol. The van der Waals surface area contributed by atoms with Crippen LogP contribution in [0.2, 0.25) is 0 Å². The lowest BCUT2D eigenvalue weighted by atomic mass is 10.2. The van der Waals surface area contributed by atoms with Gasteiger partial charge < -0.3 is 9.80 Å². The minimum absolute atomic E-state index is 0.149. The number of hydrogen-bond donors (Lipinski definition) is 0. The third kappa shape index (κ3) is 5.26. The Bertz CT molecular complexity index is 562. The van der Waals surface area contributed by atoms with Crippen LogP contribution in [0, 0.1) is 0 Å². The average molecular weight is 365 g/mol. The van der Waals surface area contributed by atoms with E-state index in [-0.39, 0.29) is 11.8 Å². The van der Waals surface area contributed by atoms with E-state index in [1.54, 1.807) is 18.3 Å². The number of piperazine rings is 2. The second kappa shape index (κ2) is 8.78. The third-order valence-electron chi connectivity index (χ3n) is 5.17. The molecule has 1 aromatic heterocycles. The molecule has 138 valence electrons. The topological polar surface area (TPSA) is 47.1 Å². The SMILES string of the molecule is CC(=O)N1CCN(CCC(=O)N2CCN(Cc3ccsc3)CC2)CC1. The Morgan fingerprint density at radius 1 is 0.960 bits per heavy atom. The Kier molecular flexibility index (Phi) is 6.45. The van der Waals surface area contributed by atoms with Crippen molar-refractivity contribution < 1.29 is 9.59 Å². The summed E-state index contributed by atoms with van der Waals surface area (Å²) in [6.45, 7) is 10.3. The van der Waals surface area contributed by atoms with Crippen molar-refractivity contribution in [1.29, 1.82) is 0 Å². The summed E-state index contributed by atoms with van der Waals surface area (Å²) in [5.74, 6) is 0.417. The summed E-state index contributed by atoms with van der Waals surface area (Å²) >= 11 is 1.74. The molecule has 0 bridgehead atoms. The van der Waals surface area contributed by atoms with Crippen molar-refractivity contribution >= 4 is 23.2 Å². The standard InChI is InChI=1S/C18H28N4O2S/c1-16(23)21-9-5-19(6-10-21)4-2-18(24)22-11-7-20(8-12-22)14-17-3-13-25-15-17/h3,13,15H,2,4-12,14H2,1H3. The van der Waals surface area contributed by atoms with Crippen LogP contribution in [0.5, 0.6) is 0 Å². The van der Waals surface area contributed by atoms with Gasteiger partial charge in [0.2, 0.25) is 11.8 Å². The second-order valence-electron chi connectivity index (χ2n) is 6.89. The van der Waals surface area contributed by atoms with E-state index in [2.05, 4.69) is 26.6 Å². The van der Waals surface area contributed by atoms with E-state index in [0.717, 1.165) is 65.4 Å². The largest absolute Gasteiger partial charge is 0.340 e. The Morgan fingerprint density at radius 2 is 1.60 bits per heavy atom. The third-order valence-corrected chi connectivity index (χ3v) is 5.90. The molecular formula is C18H28N4O2S. The molecule has 3 rings (SSSR count). The van der Waals surface area contributed by atoms with Gasteiger partial charge in [0.05, 0.1) is 0 Å². The normalized spacial score (nSPS) is 20.0. The average Bonchev–Trinajstić information content (AvgIpc) is 3.13. The van der Waals surface area contributed by atoms with E-state index in [9.17, 15) is 9.59 Å². The Morgan fingerprint density at radius 3 is 2.20 bits per heavy atom. The maximum atomic E-state index is 12.5. The van der Waals surface area contributed by atoms with Gasteiger partial charge in [0.25, 0.3) is 0 Å². The number of thiophene rings is 1. The van der Waals surface area contributed by atoms with E-state index in [0.29, 0.717) is 6.42 Å². The van der Waals surface area contributed by atoms with Crippen LogP contribution in [0.4, 0.5) is 0 Å². The quantitative estimate of drug-likeness (QED) is 0.780. The number of hydrogen-bond acceptors (Lipinski definition) is 5. The molecule has 2 fully saturated rings. The number of nitrogens with zero attached hydrogens (tertiary/aromatic N) is 4. The summed E-state index contributed by atoms with van der Waals surface area (Å²) in [4.78, 5) is 32.4. The molecule has 0 N–H and O–H groups in total. The van der Waals surface area contributed by atoms with Crippen molar-refractivity contribution in [2.45, 2.75) is 19.9 Å². The summed E-state index contributed by atoms with van der Waals surface area (Å²) < 4.78 is 0. The van der Waals surface area contributed by atoms with Crippen LogP contribution in [-0.2, 0) is 16.1 Å². The van der Waals surface area contributed by atoms with Crippen LogP contribution in [0.3, 0.4) is 0 Å². The first-order valence-electron chi connectivity index (χ1n) is 9.11. The number of carbonyl (C=O) groups excluding carboxylic acids is 2. The zero-order valence-corrected chi connectivity index (χ0v) is 15.8. The molecule has 0 spiro atoms. The van der Waals surface area contributed by atoms with Gasteiger partial charge in [-0.2, -0.15) is 11.3 Å². The van der Waals surface area contributed by atoms with E-state index in [1.165, 1.54) is 5.56 Å². The van der Waals surface area contributed by atoms with Gasteiger partial charge in [-0.3, -0.25) is 19.4 Å². The molecule has 2 aliphatic heterocycles.